The summed E-state index contributed by atoms with van der Waals surface area (Å²) < 4.78 is 5.91. The van der Waals surface area contributed by atoms with Crippen molar-refractivity contribution in [2.45, 2.75) is 43.5 Å². The largest absolute Gasteiger partial charge is 0.387 e. The number of nitrogens with zero attached hydrogens (tertiary/aromatic N) is 1. The molecule has 144 valence electrons. The molecular formula is C21H24ClNO4. The number of hydrogen-bond donors (Lipinski definition) is 2. The molecule has 0 bridgehead atoms. The number of aliphatic hydroxyl groups is 2. The average molecular weight is 390 g/mol. The number of halogens is 1. The smallest absolute Gasteiger partial charge is 0.254 e. The van der Waals surface area contributed by atoms with Gasteiger partial charge >= 0.3 is 0 Å². The molecule has 2 N–H and O–H groups in total. The Balaban J connectivity index is 1.56. The Morgan fingerprint density at radius 2 is 1.81 bits per heavy atom. The van der Waals surface area contributed by atoms with Gasteiger partial charge in [0.15, 0.2) is 0 Å². The van der Waals surface area contributed by atoms with Crippen molar-refractivity contribution in [1.29, 1.82) is 0 Å². The minimum atomic E-state index is -1.16. The standard InChI is InChI=1S/C21H24ClNO4/c1-20(26)10-13-27-21(19(20)25)8-11-23(12-9-21)18(24)16-6-2-5-15-14(16)4-3-7-17(15)22/h2-7,19,25-26H,8-13H2,1H3/t19?,20-/m1/s1. The summed E-state index contributed by atoms with van der Waals surface area (Å²) in [5.74, 6) is -0.0465. The Morgan fingerprint density at radius 3 is 2.56 bits per heavy atom. The molecule has 2 aliphatic heterocycles. The Bertz CT molecular complexity index is 874. The topological polar surface area (TPSA) is 70.0 Å². The van der Waals surface area contributed by atoms with Crippen LogP contribution in [0.15, 0.2) is 36.4 Å². The van der Waals surface area contributed by atoms with Crippen molar-refractivity contribution in [3.63, 3.8) is 0 Å². The van der Waals surface area contributed by atoms with E-state index in [-0.39, 0.29) is 5.91 Å². The van der Waals surface area contributed by atoms with Crippen LogP contribution in [-0.4, -0.2) is 58.0 Å². The molecule has 2 aliphatic rings. The van der Waals surface area contributed by atoms with Crippen LogP contribution in [0.2, 0.25) is 5.02 Å². The van der Waals surface area contributed by atoms with Gasteiger partial charge in [-0.3, -0.25) is 4.79 Å². The number of carbonyl (C=O) groups is 1. The number of hydrogen-bond acceptors (Lipinski definition) is 4. The van der Waals surface area contributed by atoms with Crippen LogP contribution in [0.3, 0.4) is 0 Å². The lowest BCUT2D eigenvalue weighted by molar-refractivity contribution is -0.244. The highest BCUT2D eigenvalue weighted by atomic mass is 35.5. The zero-order chi connectivity index (χ0) is 19.2. The van der Waals surface area contributed by atoms with E-state index < -0.39 is 17.3 Å². The maximum absolute atomic E-state index is 13.1. The van der Waals surface area contributed by atoms with E-state index in [2.05, 4.69) is 0 Å². The van der Waals surface area contributed by atoms with Crippen molar-refractivity contribution in [2.75, 3.05) is 19.7 Å². The Labute approximate surface area is 163 Å². The first kappa shape index (κ1) is 18.7. The lowest BCUT2D eigenvalue weighted by Gasteiger charge is -2.51. The highest BCUT2D eigenvalue weighted by Gasteiger charge is 2.52. The van der Waals surface area contributed by atoms with E-state index >= 15 is 0 Å². The number of ether oxygens (including phenoxy) is 1. The third-order valence-corrected chi connectivity index (χ3v) is 6.41. The molecule has 0 aromatic heterocycles. The lowest BCUT2D eigenvalue weighted by Crippen LogP contribution is -2.64. The Hall–Kier alpha value is -1.66. The van der Waals surface area contributed by atoms with Crippen LogP contribution in [0.5, 0.6) is 0 Å². The second-order valence-electron chi connectivity index (χ2n) is 7.86. The molecule has 0 radical (unpaired) electrons. The van der Waals surface area contributed by atoms with E-state index in [1.165, 1.54) is 0 Å². The van der Waals surface area contributed by atoms with E-state index in [0.717, 1.165) is 10.8 Å². The summed E-state index contributed by atoms with van der Waals surface area (Å²) in [4.78, 5) is 14.9. The summed E-state index contributed by atoms with van der Waals surface area (Å²) in [5, 5.41) is 23.4. The number of piperidine rings is 1. The summed E-state index contributed by atoms with van der Waals surface area (Å²) in [5.41, 5.74) is -1.31. The van der Waals surface area contributed by atoms with Crippen LogP contribution >= 0.6 is 11.6 Å². The molecule has 6 heteroatoms. The maximum Gasteiger partial charge on any atom is 0.254 e. The van der Waals surface area contributed by atoms with Crippen LogP contribution in [0.1, 0.15) is 36.5 Å². The number of aliphatic hydroxyl groups excluding tert-OH is 1. The molecular weight excluding hydrogens is 366 g/mol. The molecule has 4 rings (SSSR count). The molecule has 1 spiro atoms. The minimum Gasteiger partial charge on any atom is -0.387 e. The summed E-state index contributed by atoms with van der Waals surface area (Å²) >= 11 is 6.27. The Kier molecular flexibility index (Phi) is 4.67. The van der Waals surface area contributed by atoms with Gasteiger partial charge in [0.25, 0.3) is 5.91 Å². The third-order valence-electron chi connectivity index (χ3n) is 6.08. The quantitative estimate of drug-likeness (QED) is 0.786. The van der Waals surface area contributed by atoms with E-state index in [9.17, 15) is 15.0 Å². The number of carbonyl (C=O) groups excluding carboxylic acids is 1. The van der Waals surface area contributed by atoms with Gasteiger partial charge in [-0.05, 0) is 37.3 Å². The van der Waals surface area contributed by atoms with Gasteiger partial charge < -0.3 is 19.8 Å². The number of rotatable bonds is 1. The molecule has 0 aliphatic carbocycles. The molecule has 2 atom stereocenters. The van der Waals surface area contributed by atoms with Crippen molar-refractivity contribution in [2.24, 2.45) is 0 Å². The highest BCUT2D eigenvalue weighted by molar-refractivity contribution is 6.36. The van der Waals surface area contributed by atoms with Gasteiger partial charge in [-0.1, -0.05) is 35.9 Å². The van der Waals surface area contributed by atoms with Crippen LogP contribution < -0.4 is 0 Å². The van der Waals surface area contributed by atoms with Crippen molar-refractivity contribution in [3.8, 4) is 0 Å². The second kappa shape index (κ2) is 6.74. The SMILES string of the molecule is C[C@@]1(O)CCOC2(CCN(C(=O)c3cccc4c(Cl)cccc34)CC2)C1O. The fourth-order valence-electron chi connectivity index (χ4n) is 4.38. The minimum absolute atomic E-state index is 0.0465. The summed E-state index contributed by atoms with van der Waals surface area (Å²) in [6.45, 7) is 3.02. The molecule has 1 amide bonds. The van der Waals surface area contributed by atoms with Gasteiger partial charge in [0.2, 0.25) is 0 Å². The van der Waals surface area contributed by atoms with E-state index in [1.807, 2.05) is 36.4 Å². The molecule has 1 unspecified atom stereocenters. The molecule has 5 nitrogen and oxygen atoms in total. The van der Waals surface area contributed by atoms with E-state index in [1.54, 1.807) is 11.8 Å². The lowest BCUT2D eigenvalue weighted by atomic mass is 9.75. The molecule has 2 saturated heterocycles. The van der Waals surface area contributed by atoms with E-state index in [4.69, 9.17) is 16.3 Å². The molecule has 27 heavy (non-hydrogen) atoms. The Morgan fingerprint density at radius 1 is 1.15 bits per heavy atom. The van der Waals surface area contributed by atoms with Crippen molar-refractivity contribution < 1.29 is 19.7 Å². The van der Waals surface area contributed by atoms with Crippen LogP contribution in [0.25, 0.3) is 10.8 Å². The third kappa shape index (κ3) is 3.13. The summed E-state index contributed by atoms with van der Waals surface area (Å²) in [6, 6.07) is 11.1. The van der Waals surface area contributed by atoms with Gasteiger partial charge in [0.1, 0.15) is 11.7 Å². The molecule has 2 fully saturated rings. The predicted octanol–water partition coefficient (Wildman–Crippen LogP) is 3.00. The summed E-state index contributed by atoms with van der Waals surface area (Å²) in [7, 11) is 0. The molecule has 2 aromatic carbocycles. The van der Waals surface area contributed by atoms with Gasteiger partial charge in [0, 0.05) is 35.5 Å². The van der Waals surface area contributed by atoms with E-state index in [0.29, 0.717) is 49.5 Å². The fraction of sp³-hybridized carbons (Fsp3) is 0.476. The number of likely N-dealkylation sites (tertiary alicyclic amines) is 1. The van der Waals surface area contributed by atoms with Crippen molar-refractivity contribution in [3.05, 3.63) is 47.0 Å². The second-order valence-corrected chi connectivity index (χ2v) is 8.26. The van der Waals surface area contributed by atoms with Crippen LogP contribution in [0.4, 0.5) is 0 Å². The van der Waals surface area contributed by atoms with Gasteiger partial charge in [-0.15, -0.1) is 0 Å². The first-order valence-electron chi connectivity index (χ1n) is 9.35. The summed E-state index contributed by atoms with van der Waals surface area (Å²) in [6.07, 6.45) is 0.464. The highest BCUT2D eigenvalue weighted by Crippen LogP contribution is 2.40. The predicted molar refractivity (Wildman–Crippen MR) is 104 cm³/mol. The molecule has 2 heterocycles. The van der Waals surface area contributed by atoms with Crippen molar-refractivity contribution in [1.82, 2.24) is 4.90 Å². The molecule has 2 aromatic rings. The average Bonchev–Trinajstić information content (AvgIpc) is 2.66. The van der Waals surface area contributed by atoms with Crippen molar-refractivity contribution >= 4 is 28.3 Å². The first-order valence-corrected chi connectivity index (χ1v) is 9.73. The number of amides is 1. The zero-order valence-corrected chi connectivity index (χ0v) is 16.1. The first-order chi connectivity index (χ1) is 12.8. The van der Waals surface area contributed by atoms with Crippen LogP contribution in [-0.2, 0) is 4.74 Å². The zero-order valence-electron chi connectivity index (χ0n) is 15.3. The monoisotopic (exact) mass is 389 g/mol. The van der Waals surface area contributed by atoms with Gasteiger partial charge in [-0.2, -0.15) is 0 Å². The normalized spacial score (nSPS) is 27.9. The maximum atomic E-state index is 13.1. The van der Waals surface area contributed by atoms with Gasteiger partial charge in [0.05, 0.1) is 12.2 Å². The van der Waals surface area contributed by atoms with Gasteiger partial charge in [-0.25, -0.2) is 0 Å². The fourth-order valence-corrected chi connectivity index (χ4v) is 4.62. The van der Waals surface area contributed by atoms with Crippen LogP contribution in [0, 0.1) is 0 Å². The molecule has 0 saturated carbocycles. The number of benzene rings is 2. The number of fused-ring (bicyclic) bond motifs is 1.